The van der Waals surface area contributed by atoms with E-state index in [0.29, 0.717) is 47.7 Å². The van der Waals surface area contributed by atoms with Crippen molar-refractivity contribution in [3.63, 3.8) is 0 Å². The molecule has 31 heavy (non-hydrogen) atoms. The van der Waals surface area contributed by atoms with Crippen LogP contribution in [0.1, 0.15) is 16.8 Å². The van der Waals surface area contributed by atoms with E-state index in [2.05, 4.69) is 29.8 Å². The minimum Gasteiger partial charge on any atom is -0.306 e. The molecule has 4 heterocycles. The van der Waals surface area contributed by atoms with Crippen LogP contribution in [0.3, 0.4) is 0 Å². The first kappa shape index (κ1) is 19.2. The number of aromatic amines is 1. The average molecular weight is 414 g/mol. The van der Waals surface area contributed by atoms with Crippen molar-refractivity contribution in [2.45, 2.75) is 19.5 Å². The normalized spacial score (nSPS) is 13.7. The number of H-pyrrole nitrogens is 1. The fourth-order valence-corrected chi connectivity index (χ4v) is 3.78. The first-order chi connectivity index (χ1) is 15.2. The highest BCUT2D eigenvalue weighted by Gasteiger charge is 2.22. The van der Waals surface area contributed by atoms with E-state index in [1.54, 1.807) is 36.8 Å². The molecule has 4 aromatic rings. The number of hydrogen-bond donors (Lipinski definition) is 1. The van der Waals surface area contributed by atoms with Gasteiger partial charge in [-0.15, -0.1) is 0 Å². The molecule has 1 aromatic carbocycles. The smallest absolute Gasteiger partial charge is 0.255 e. The minimum absolute atomic E-state index is 0.137. The molecule has 154 valence electrons. The number of hydrogen-bond acceptors (Lipinski definition) is 6. The lowest BCUT2D eigenvalue weighted by Crippen LogP contribution is -2.35. The highest BCUT2D eigenvalue weighted by Crippen LogP contribution is 2.22. The van der Waals surface area contributed by atoms with E-state index in [1.807, 2.05) is 12.1 Å². The van der Waals surface area contributed by atoms with Gasteiger partial charge in [0.2, 0.25) is 0 Å². The molecule has 7 nitrogen and oxygen atoms in total. The Morgan fingerprint density at radius 2 is 1.90 bits per heavy atom. The molecule has 0 bridgehead atoms. The summed E-state index contributed by atoms with van der Waals surface area (Å²) in [6, 6.07) is 10.4. The molecule has 5 rings (SSSR count). The second-order valence-corrected chi connectivity index (χ2v) is 7.46. The summed E-state index contributed by atoms with van der Waals surface area (Å²) >= 11 is 0. The Kier molecular flexibility index (Phi) is 5.05. The summed E-state index contributed by atoms with van der Waals surface area (Å²) in [7, 11) is 0. The number of pyridine rings is 1. The van der Waals surface area contributed by atoms with Gasteiger partial charge in [-0.2, -0.15) is 0 Å². The third-order valence-electron chi connectivity index (χ3n) is 5.36. The molecular weight excluding hydrogens is 395 g/mol. The largest absolute Gasteiger partial charge is 0.306 e. The van der Waals surface area contributed by atoms with Crippen LogP contribution in [-0.4, -0.2) is 36.4 Å². The molecule has 0 saturated carbocycles. The van der Waals surface area contributed by atoms with Crippen LogP contribution in [0.15, 0.2) is 66.1 Å². The van der Waals surface area contributed by atoms with Gasteiger partial charge in [0.15, 0.2) is 0 Å². The zero-order valence-electron chi connectivity index (χ0n) is 16.6. The fourth-order valence-electron chi connectivity index (χ4n) is 3.78. The van der Waals surface area contributed by atoms with E-state index >= 15 is 0 Å². The predicted molar refractivity (Wildman–Crippen MR) is 113 cm³/mol. The molecule has 8 heteroatoms. The Balaban J connectivity index is 1.32. The summed E-state index contributed by atoms with van der Waals surface area (Å²) in [4.78, 5) is 34.7. The standard InChI is InChI=1S/C23H19FN6O/c24-19-4-2-1-3-17(19)20-6-5-15(9-27-20)12-30-8-7-21-18(13-30)23(31)29-22(28-21)16-10-25-14-26-11-16/h1-6,9-11,14H,7-8,12-13H2,(H,28,29,31). The van der Waals surface area contributed by atoms with Crippen molar-refractivity contribution in [3.8, 4) is 22.6 Å². The first-order valence-electron chi connectivity index (χ1n) is 9.97. The third-order valence-corrected chi connectivity index (χ3v) is 5.36. The van der Waals surface area contributed by atoms with Crippen molar-refractivity contribution in [2.24, 2.45) is 0 Å². The molecule has 0 saturated heterocycles. The van der Waals surface area contributed by atoms with Crippen LogP contribution < -0.4 is 5.56 Å². The van der Waals surface area contributed by atoms with Crippen LogP contribution in [0.5, 0.6) is 0 Å². The van der Waals surface area contributed by atoms with E-state index in [4.69, 9.17) is 0 Å². The molecule has 0 radical (unpaired) electrons. The summed E-state index contributed by atoms with van der Waals surface area (Å²) < 4.78 is 14.0. The van der Waals surface area contributed by atoms with Crippen molar-refractivity contribution in [2.75, 3.05) is 6.54 Å². The summed E-state index contributed by atoms with van der Waals surface area (Å²) in [5.41, 5.74) is 4.13. The Bertz CT molecular complexity index is 1270. The van der Waals surface area contributed by atoms with E-state index in [1.165, 1.54) is 12.4 Å². The number of rotatable bonds is 4. The lowest BCUT2D eigenvalue weighted by atomic mass is 10.1. The van der Waals surface area contributed by atoms with Crippen LogP contribution in [0.4, 0.5) is 4.39 Å². The number of aromatic nitrogens is 5. The SMILES string of the molecule is O=c1[nH]c(-c2cncnc2)nc2c1CN(Cc1ccc(-c3ccccc3F)nc1)CC2. The van der Waals surface area contributed by atoms with E-state index in [9.17, 15) is 9.18 Å². The van der Waals surface area contributed by atoms with Crippen molar-refractivity contribution in [3.05, 3.63) is 94.3 Å². The molecule has 1 aliphatic heterocycles. The van der Waals surface area contributed by atoms with Gasteiger partial charge in [0.05, 0.1) is 22.5 Å². The quantitative estimate of drug-likeness (QED) is 0.552. The molecular formula is C23H19FN6O. The maximum absolute atomic E-state index is 14.0. The van der Waals surface area contributed by atoms with E-state index in [0.717, 1.165) is 17.8 Å². The summed E-state index contributed by atoms with van der Waals surface area (Å²) in [6.45, 7) is 1.94. The Morgan fingerprint density at radius 3 is 2.68 bits per heavy atom. The van der Waals surface area contributed by atoms with E-state index < -0.39 is 0 Å². The van der Waals surface area contributed by atoms with Gasteiger partial charge < -0.3 is 4.98 Å². The first-order valence-corrected chi connectivity index (χ1v) is 9.97. The average Bonchev–Trinajstić information content (AvgIpc) is 2.81. The highest BCUT2D eigenvalue weighted by atomic mass is 19.1. The van der Waals surface area contributed by atoms with Gasteiger partial charge in [-0.1, -0.05) is 18.2 Å². The topological polar surface area (TPSA) is 87.7 Å². The van der Waals surface area contributed by atoms with Gasteiger partial charge in [0.1, 0.15) is 18.0 Å². The van der Waals surface area contributed by atoms with Gasteiger partial charge >= 0.3 is 0 Å². The molecule has 1 N–H and O–H groups in total. The molecule has 3 aromatic heterocycles. The fraction of sp³-hybridized carbons (Fsp3) is 0.174. The zero-order chi connectivity index (χ0) is 21.2. The van der Waals surface area contributed by atoms with E-state index in [-0.39, 0.29) is 11.4 Å². The zero-order valence-corrected chi connectivity index (χ0v) is 16.6. The predicted octanol–water partition coefficient (Wildman–Crippen LogP) is 2.99. The molecule has 0 unspecified atom stereocenters. The van der Waals surface area contributed by atoms with Gasteiger partial charge in [0.25, 0.3) is 5.56 Å². The molecule has 0 atom stereocenters. The second-order valence-electron chi connectivity index (χ2n) is 7.46. The molecule has 1 aliphatic rings. The van der Waals surface area contributed by atoms with Gasteiger partial charge in [-0.3, -0.25) is 14.7 Å². The summed E-state index contributed by atoms with van der Waals surface area (Å²) in [6.07, 6.45) is 7.14. The maximum Gasteiger partial charge on any atom is 0.255 e. The number of benzene rings is 1. The maximum atomic E-state index is 14.0. The molecule has 0 fully saturated rings. The minimum atomic E-state index is -0.288. The molecule has 0 aliphatic carbocycles. The van der Waals surface area contributed by atoms with Crippen molar-refractivity contribution < 1.29 is 4.39 Å². The van der Waals surface area contributed by atoms with Crippen LogP contribution in [-0.2, 0) is 19.5 Å². The van der Waals surface area contributed by atoms with Crippen LogP contribution in [0.2, 0.25) is 0 Å². The van der Waals surface area contributed by atoms with Crippen LogP contribution in [0.25, 0.3) is 22.6 Å². The lowest BCUT2D eigenvalue weighted by Gasteiger charge is -2.27. The van der Waals surface area contributed by atoms with Gasteiger partial charge in [-0.25, -0.2) is 19.3 Å². The number of halogens is 1. The Labute approximate surface area is 177 Å². The Hall–Kier alpha value is -3.78. The van der Waals surface area contributed by atoms with Crippen molar-refractivity contribution in [1.29, 1.82) is 0 Å². The van der Waals surface area contributed by atoms with Gasteiger partial charge in [-0.05, 0) is 23.8 Å². The summed E-state index contributed by atoms with van der Waals surface area (Å²) in [5, 5.41) is 0. The van der Waals surface area contributed by atoms with Crippen molar-refractivity contribution in [1.82, 2.24) is 29.8 Å². The van der Waals surface area contributed by atoms with Crippen LogP contribution >= 0.6 is 0 Å². The lowest BCUT2D eigenvalue weighted by molar-refractivity contribution is 0.241. The van der Waals surface area contributed by atoms with Crippen LogP contribution in [0, 0.1) is 5.82 Å². The van der Waals surface area contributed by atoms with Crippen molar-refractivity contribution >= 4 is 0 Å². The number of nitrogens with zero attached hydrogens (tertiary/aromatic N) is 5. The second kappa shape index (κ2) is 8.16. The monoisotopic (exact) mass is 414 g/mol. The van der Waals surface area contributed by atoms with Gasteiger partial charge in [0, 0.05) is 50.2 Å². The molecule has 0 spiro atoms. The highest BCUT2D eigenvalue weighted by molar-refractivity contribution is 5.59. The number of fused-ring (bicyclic) bond motifs is 1. The summed E-state index contributed by atoms with van der Waals surface area (Å²) in [5.74, 6) is 0.203. The Morgan fingerprint density at radius 1 is 1.06 bits per heavy atom. The molecule has 0 amide bonds. The number of nitrogens with one attached hydrogen (secondary N) is 1. The third kappa shape index (κ3) is 3.97.